The Labute approximate surface area is 174 Å². The van der Waals surface area contributed by atoms with Gasteiger partial charge in [0.25, 0.3) is 5.91 Å². The van der Waals surface area contributed by atoms with Crippen LogP contribution in [0.15, 0.2) is 48.5 Å². The van der Waals surface area contributed by atoms with Crippen LogP contribution in [-0.2, 0) is 14.3 Å². The Bertz CT molecular complexity index is 837. The van der Waals surface area contributed by atoms with Crippen molar-refractivity contribution < 1.29 is 23.9 Å². The Kier molecular flexibility index (Phi) is 8.48. The molecule has 0 saturated carbocycles. The van der Waals surface area contributed by atoms with Crippen molar-refractivity contribution in [3.05, 3.63) is 64.7 Å². The van der Waals surface area contributed by atoms with Gasteiger partial charge in [0.05, 0.1) is 32.7 Å². The van der Waals surface area contributed by atoms with Crippen LogP contribution in [0.4, 0.5) is 0 Å². The van der Waals surface area contributed by atoms with Gasteiger partial charge < -0.3 is 20.1 Å². The fourth-order valence-corrected chi connectivity index (χ4v) is 2.70. The first-order valence-electron chi connectivity index (χ1n) is 9.05. The SMILES string of the molecule is CCOc1ccc(C(=O)NCC(=O)N[C@@H](CC(=O)OC)c2ccc(Cl)cc2)cc1. The summed E-state index contributed by atoms with van der Waals surface area (Å²) in [4.78, 5) is 36.2. The maximum Gasteiger partial charge on any atom is 0.307 e. The monoisotopic (exact) mass is 418 g/mol. The summed E-state index contributed by atoms with van der Waals surface area (Å²) in [6, 6.07) is 12.8. The molecule has 8 heteroatoms. The summed E-state index contributed by atoms with van der Waals surface area (Å²) in [5.74, 6) is -0.633. The van der Waals surface area contributed by atoms with Crippen LogP contribution in [0.1, 0.15) is 35.3 Å². The molecule has 2 aromatic carbocycles. The summed E-state index contributed by atoms with van der Waals surface area (Å²) in [6.07, 6.45) is -0.0449. The number of carbonyl (C=O) groups excluding carboxylic acids is 3. The predicted octanol–water partition coefficient (Wildman–Crippen LogP) is 2.89. The zero-order chi connectivity index (χ0) is 21.2. The highest BCUT2D eigenvalue weighted by Crippen LogP contribution is 2.20. The lowest BCUT2D eigenvalue weighted by Gasteiger charge is -2.18. The highest BCUT2D eigenvalue weighted by molar-refractivity contribution is 6.30. The van der Waals surface area contributed by atoms with Gasteiger partial charge in [0.2, 0.25) is 5.91 Å². The zero-order valence-electron chi connectivity index (χ0n) is 16.2. The highest BCUT2D eigenvalue weighted by atomic mass is 35.5. The fraction of sp³-hybridized carbons (Fsp3) is 0.286. The van der Waals surface area contributed by atoms with Crippen LogP contribution in [0.25, 0.3) is 0 Å². The van der Waals surface area contributed by atoms with Crippen LogP contribution in [0.3, 0.4) is 0 Å². The number of amides is 2. The van der Waals surface area contributed by atoms with Crippen molar-refractivity contribution in [2.24, 2.45) is 0 Å². The minimum atomic E-state index is -0.602. The maximum atomic E-state index is 12.3. The van der Waals surface area contributed by atoms with E-state index in [4.69, 9.17) is 21.1 Å². The molecule has 2 amide bonds. The number of hydrogen-bond acceptors (Lipinski definition) is 5. The van der Waals surface area contributed by atoms with Crippen LogP contribution in [0.2, 0.25) is 5.02 Å². The summed E-state index contributed by atoms with van der Waals surface area (Å²) in [5, 5.41) is 5.83. The van der Waals surface area contributed by atoms with E-state index in [1.807, 2.05) is 6.92 Å². The molecule has 29 heavy (non-hydrogen) atoms. The number of nitrogens with one attached hydrogen (secondary N) is 2. The molecule has 0 unspecified atom stereocenters. The predicted molar refractivity (Wildman–Crippen MR) is 109 cm³/mol. The Balaban J connectivity index is 1.95. The molecule has 0 aromatic heterocycles. The molecular weight excluding hydrogens is 396 g/mol. The summed E-state index contributed by atoms with van der Waals surface area (Å²) in [6.45, 7) is 2.17. The van der Waals surface area contributed by atoms with Gasteiger partial charge in [-0.2, -0.15) is 0 Å². The number of halogens is 1. The van der Waals surface area contributed by atoms with Crippen molar-refractivity contribution in [1.82, 2.24) is 10.6 Å². The number of ether oxygens (including phenoxy) is 2. The lowest BCUT2D eigenvalue weighted by Crippen LogP contribution is -2.39. The van der Waals surface area contributed by atoms with Crippen LogP contribution >= 0.6 is 11.6 Å². The van der Waals surface area contributed by atoms with Gasteiger partial charge in [-0.25, -0.2) is 0 Å². The van der Waals surface area contributed by atoms with Crippen molar-refractivity contribution in [1.29, 1.82) is 0 Å². The van der Waals surface area contributed by atoms with E-state index in [2.05, 4.69) is 10.6 Å². The van der Waals surface area contributed by atoms with E-state index in [1.165, 1.54) is 7.11 Å². The van der Waals surface area contributed by atoms with Crippen LogP contribution in [0, 0.1) is 0 Å². The quantitative estimate of drug-likeness (QED) is 0.611. The van der Waals surface area contributed by atoms with Crippen LogP contribution in [-0.4, -0.2) is 38.0 Å². The second-order valence-corrected chi connectivity index (χ2v) is 6.53. The van der Waals surface area contributed by atoms with E-state index in [0.717, 1.165) is 0 Å². The molecule has 2 N–H and O–H groups in total. The first-order chi connectivity index (χ1) is 13.9. The molecule has 2 aromatic rings. The number of esters is 1. The van der Waals surface area contributed by atoms with E-state index in [1.54, 1.807) is 48.5 Å². The van der Waals surface area contributed by atoms with Crippen molar-refractivity contribution in [3.8, 4) is 5.75 Å². The van der Waals surface area contributed by atoms with Gasteiger partial charge >= 0.3 is 5.97 Å². The van der Waals surface area contributed by atoms with Gasteiger partial charge in [0.15, 0.2) is 0 Å². The molecule has 0 aliphatic heterocycles. The topological polar surface area (TPSA) is 93.7 Å². The van der Waals surface area contributed by atoms with Gasteiger partial charge in [-0.05, 0) is 48.9 Å². The highest BCUT2D eigenvalue weighted by Gasteiger charge is 2.19. The van der Waals surface area contributed by atoms with Crippen LogP contribution in [0.5, 0.6) is 5.75 Å². The second-order valence-electron chi connectivity index (χ2n) is 6.09. The third-order valence-corrected chi connectivity index (χ3v) is 4.30. The number of hydrogen-bond donors (Lipinski definition) is 2. The van der Waals surface area contributed by atoms with Crippen molar-refractivity contribution in [2.75, 3.05) is 20.3 Å². The van der Waals surface area contributed by atoms with E-state index in [-0.39, 0.29) is 18.9 Å². The average molecular weight is 419 g/mol. The Morgan fingerprint density at radius 1 is 1.03 bits per heavy atom. The summed E-state index contributed by atoms with van der Waals surface area (Å²) >= 11 is 5.89. The standard InChI is InChI=1S/C21H23ClN2O5/c1-3-29-17-10-6-15(7-11-17)21(27)23-13-19(25)24-18(12-20(26)28-2)14-4-8-16(22)9-5-14/h4-11,18H,3,12-13H2,1-2H3,(H,23,27)(H,24,25)/t18-/m0/s1. The summed E-state index contributed by atoms with van der Waals surface area (Å²) in [5.41, 5.74) is 1.11. The Hall–Kier alpha value is -3.06. The molecule has 0 heterocycles. The Morgan fingerprint density at radius 3 is 2.28 bits per heavy atom. The van der Waals surface area contributed by atoms with E-state index in [0.29, 0.717) is 28.5 Å². The van der Waals surface area contributed by atoms with Gasteiger partial charge in [-0.1, -0.05) is 23.7 Å². The third kappa shape index (κ3) is 7.12. The molecular formula is C21H23ClN2O5. The maximum absolute atomic E-state index is 12.3. The zero-order valence-corrected chi connectivity index (χ0v) is 17.0. The fourth-order valence-electron chi connectivity index (χ4n) is 2.57. The minimum absolute atomic E-state index is 0.0449. The smallest absolute Gasteiger partial charge is 0.307 e. The van der Waals surface area contributed by atoms with Gasteiger partial charge in [0.1, 0.15) is 5.75 Å². The molecule has 154 valence electrons. The Morgan fingerprint density at radius 2 is 1.69 bits per heavy atom. The van der Waals surface area contributed by atoms with Crippen molar-refractivity contribution >= 4 is 29.4 Å². The molecule has 0 fully saturated rings. The van der Waals surface area contributed by atoms with Crippen LogP contribution < -0.4 is 15.4 Å². The number of rotatable bonds is 9. The molecule has 0 bridgehead atoms. The summed E-state index contributed by atoms with van der Waals surface area (Å²) in [7, 11) is 1.28. The minimum Gasteiger partial charge on any atom is -0.494 e. The second kappa shape index (κ2) is 11.1. The molecule has 0 saturated heterocycles. The van der Waals surface area contributed by atoms with E-state index < -0.39 is 17.9 Å². The molecule has 0 aliphatic carbocycles. The van der Waals surface area contributed by atoms with Crippen molar-refractivity contribution in [3.63, 3.8) is 0 Å². The largest absolute Gasteiger partial charge is 0.494 e. The lowest BCUT2D eigenvalue weighted by atomic mass is 10.0. The molecule has 2 rings (SSSR count). The molecule has 0 aliphatic rings. The molecule has 0 radical (unpaired) electrons. The van der Waals surface area contributed by atoms with E-state index in [9.17, 15) is 14.4 Å². The van der Waals surface area contributed by atoms with Gasteiger partial charge in [-0.15, -0.1) is 0 Å². The van der Waals surface area contributed by atoms with E-state index >= 15 is 0 Å². The number of benzene rings is 2. The first kappa shape index (κ1) is 22.2. The average Bonchev–Trinajstić information content (AvgIpc) is 2.72. The molecule has 7 nitrogen and oxygen atoms in total. The molecule has 1 atom stereocenters. The number of carbonyl (C=O) groups is 3. The van der Waals surface area contributed by atoms with Gasteiger partial charge in [0, 0.05) is 10.6 Å². The normalized spacial score (nSPS) is 11.3. The van der Waals surface area contributed by atoms with Gasteiger partial charge in [-0.3, -0.25) is 14.4 Å². The first-order valence-corrected chi connectivity index (χ1v) is 9.43. The van der Waals surface area contributed by atoms with Crippen molar-refractivity contribution in [2.45, 2.75) is 19.4 Å². The third-order valence-electron chi connectivity index (χ3n) is 4.04. The lowest BCUT2D eigenvalue weighted by molar-refractivity contribution is -0.141. The number of methoxy groups -OCH3 is 1. The summed E-state index contributed by atoms with van der Waals surface area (Å²) < 4.78 is 10.0. The molecule has 0 spiro atoms.